The molecular weight excluding hydrogens is 280 g/mol. The maximum atomic E-state index is 8.23. The van der Waals surface area contributed by atoms with Crippen LogP contribution in [-0.4, -0.2) is 29.6 Å². The Bertz CT molecular complexity index is 634. The quantitative estimate of drug-likeness (QED) is 0.270. The van der Waals surface area contributed by atoms with Crippen LogP contribution in [0.2, 0.25) is 19.6 Å². The highest BCUT2D eigenvalue weighted by Crippen LogP contribution is 2.10. The van der Waals surface area contributed by atoms with Gasteiger partial charge in [0.25, 0.3) is 0 Å². The van der Waals surface area contributed by atoms with Gasteiger partial charge < -0.3 is 0 Å². The number of benzene rings is 1. The second kappa shape index (κ2) is 6.56. The lowest BCUT2D eigenvalue weighted by molar-refractivity contribution is 0.800. The fourth-order valence-corrected chi connectivity index (χ4v) is 2.80. The molecule has 21 heavy (non-hydrogen) atoms. The van der Waals surface area contributed by atoms with Crippen LogP contribution in [0.25, 0.3) is 16.1 Å². The van der Waals surface area contributed by atoms with Gasteiger partial charge in [0.2, 0.25) is 0 Å². The lowest BCUT2D eigenvalue weighted by Crippen LogP contribution is -2.38. The molecule has 0 aliphatic carbocycles. The molecule has 2 aromatic rings. The number of hydrogen-bond donors (Lipinski definition) is 0. The molecule has 0 bridgehead atoms. The summed E-state index contributed by atoms with van der Waals surface area (Å²) in [6.07, 6.45) is 3.81. The van der Waals surface area contributed by atoms with Crippen LogP contribution in [0, 0.1) is 0 Å². The molecule has 2 rings (SSSR count). The second-order valence-electron chi connectivity index (χ2n) is 6.02. The fraction of sp³-hybridized carbons (Fsp3) is 0.429. The molecule has 0 aliphatic heterocycles. The summed E-state index contributed by atoms with van der Waals surface area (Å²) in [7, 11) is -1.42. The zero-order valence-electron chi connectivity index (χ0n) is 12.7. The average molecular weight is 300 g/mol. The van der Waals surface area contributed by atoms with E-state index in [2.05, 4.69) is 52.1 Å². The molecule has 0 aliphatic rings. The van der Waals surface area contributed by atoms with Gasteiger partial charge in [0, 0.05) is 17.7 Å². The number of aromatic nitrogens is 3. The van der Waals surface area contributed by atoms with E-state index in [1.165, 1.54) is 5.56 Å². The third-order valence-electron chi connectivity index (χ3n) is 3.25. The van der Waals surface area contributed by atoms with Crippen molar-refractivity contribution in [1.82, 2.24) is 15.0 Å². The Kier molecular flexibility index (Phi) is 4.77. The Labute approximate surface area is 125 Å². The van der Waals surface area contributed by atoms with Gasteiger partial charge in [-0.2, -0.15) is 0 Å². The molecule has 7 heteroatoms. The molecule has 0 saturated heterocycles. The molecule has 1 aromatic carbocycles. The highest BCUT2D eigenvalue weighted by atomic mass is 28.3. The van der Waals surface area contributed by atoms with Crippen LogP contribution in [0.3, 0.4) is 0 Å². The minimum Gasteiger partial charge on any atom is -0.221 e. The topological polar surface area (TPSA) is 79.5 Å². The highest BCUT2D eigenvalue weighted by molar-refractivity contribution is 6.88. The molecule has 0 radical (unpaired) electrons. The van der Waals surface area contributed by atoms with Crippen molar-refractivity contribution in [3.8, 4) is 5.69 Å². The molecule has 1 heterocycles. The molecule has 0 fully saturated rings. The molecule has 0 saturated carbocycles. The second-order valence-corrected chi connectivity index (χ2v) is 11.0. The van der Waals surface area contributed by atoms with Gasteiger partial charge in [0.15, 0.2) is 0 Å². The monoisotopic (exact) mass is 300 g/mol. The molecule has 0 N–H and O–H groups in total. The van der Waals surface area contributed by atoms with Crippen molar-refractivity contribution in [2.24, 2.45) is 5.11 Å². The van der Waals surface area contributed by atoms with Crippen molar-refractivity contribution >= 4 is 13.4 Å². The first-order valence-corrected chi connectivity index (χ1v) is 10.5. The summed E-state index contributed by atoms with van der Waals surface area (Å²) in [6, 6.07) is 8.26. The van der Waals surface area contributed by atoms with Gasteiger partial charge in [0.05, 0.1) is 11.0 Å². The molecule has 110 valence electrons. The first-order valence-electron chi connectivity index (χ1n) is 7.04. The van der Waals surface area contributed by atoms with Crippen LogP contribution in [0.15, 0.2) is 35.6 Å². The molecule has 6 nitrogen and oxygen atoms in total. The van der Waals surface area contributed by atoms with Gasteiger partial charge in [-0.1, -0.05) is 42.1 Å². The first-order chi connectivity index (χ1) is 10.0. The van der Waals surface area contributed by atoms with E-state index in [1.807, 2.05) is 23.0 Å². The number of aryl methyl sites for hydroxylation is 1. The summed E-state index contributed by atoms with van der Waals surface area (Å²) < 4.78 is 1.83. The van der Waals surface area contributed by atoms with Gasteiger partial charge in [-0.05, 0) is 36.1 Å². The molecular formula is C14H20N6Si. The molecule has 0 spiro atoms. The number of nitrogens with zero attached hydrogens (tertiary/aromatic N) is 6. The van der Waals surface area contributed by atoms with E-state index in [-0.39, 0.29) is 0 Å². The van der Waals surface area contributed by atoms with Crippen LogP contribution < -0.4 is 5.32 Å². The van der Waals surface area contributed by atoms with Gasteiger partial charge in [-0.3, -0.25) is 0 Å². The van der Waals surface area contributed by atoms with Crippen molar-refractivity contribution in [1.29, 1.82) is 0 Å². The Morgan fingerprint density at radius 2 is 1.95 bits per heavy atom. The summed E-state index contributed by atoms with van der Waals surface area (Å²) >= 11 is 0. The van der Waals surface area contributed by atoms with Gasteiger partial charge in [-0.15, -0.1) is 5.10 Å². The predicted octanol–water partition coefficient (Wildman–Crippen LogP) is 3.06. The van der Waals surface area contributed by atoms with Crippen LogP contribution >= 0.6 is 0 Å². The van der Waals surface area contributed by atoms with Crippen LogP contribution in [0.1, 0.15) is 12.0 Å². The minimum absolute atomic E-state index is 0.543. The zero-order chi connectivity index (χ0) is 15.3. The third-order valence-corrected chi connectivity index (χ3v) is 5.02. The van der Waals surface area contributed by atoms with Crippen LogP contribution in [0.4, 0.5) is 0 Å². The average Bonchev–Trinajstić information content (AvgIpc) is 2.94. The van der Waals surface area contributed by atoms with Crippen molar-refractivity contribution in [2.75, 3.05) is 6.54 Å². The summed E-state index contributed by atoms with van der Waals surface area (Å²) in [5, 5.41) is 13.2. The van der Waals surface area contributed by atoms with Crippen LogP contribution in [0.5, 0.6) is 0 Å². The summed E-state index contributed by atoms with van der Waals surface area (Å²) in [5.74, 6) is 0. The Balaban J connectivity index is 2.05. The number of hydrogen-bond acceptors (Lipinski definition) is 3. The highest BCUT2D eigenvalue weighted by Gasteiger charge is 2.20. The SMILES string of the molecule is C[Si](C)(C)c1cn(-c2ccc(CCCN=[N+]=[N-])cc2)nn1. The smallest absolute Gasteiger partial charge is 0.106 e. The van der Waals surface area contributed by atoms with Crippen molar-refractivity contribution in [3.63, 3.8) is 0 Å². The van der Waals surface area contributed by atoms with Gasteiger partial charge in [-0.25, -0.2) is 4.68 Å². The summed E-state index contributed by atoms with van der Waals surface area (Å²) in [4.78, 5) is 2.75. The molecule has 1 aromatic heterocycles. The van der Waals surface area contributed by atoms with E-state index in [1.54, 1.807) is 0 Å². The van der Waals surface area contributed by atoms with Gasteiger partial charge in [0.1, 0.15) is 8.07 Å². The maximum absolute atomic E-state index is 8.23. The lowest BCUT2D eigenvalue weighted by atomic mass is 10.1. The third kappa shape index (κ3) is 4.17. The normalized spacial score (nSPS) is 11.2. The fourth-order valence-electron chi connectivity index (χ4n) is 1.95. The standard InChI is InChI=1S/C14H20N6Si/c1-21(2,3)14-11-20(19-17-14)13-8-6-12(7-9-13)5-4-10-16-18-15/h6-9,11H,4-5,10H2,1-3H3. The van der Waals surface area contributed by atoms with Crippen molar-refractivity contribution in [2.45, 2.75) is 32.5 Å². The number of azide groups is 1. The maximum Gasteiger partial charge on any atom is 0.106 e. The van der Waals surface area contributed by atoms with E-state index in [0.717, 1.165) is 23.8 Å². The van der Waals surface area contributed by atoms with Crippen molar-refractivity contribution in [3.05, 3.63) is 46.5 Å². The molecule has 0 atom stereocenters. The minimum atomic E-state index is -1.42. The predicted molar refractivity (Wildman–Crippen MR) is 86.7 cm³/mol. The lowest BCUT2D eigenvalue weighted by Gasteiger charge is -2.09. The first kappa shape index (κ1) is 15.3. The van der Waals surface area contributed by atoms with E-state index < -0.39 is 8.07 Å². The molecule has 0 amide bonds. The van der Waals surface area contributed by atoms with E-state index >= 15 is 0 Å². The van der Waals surface area contributed by atoms with Gasteiger partial charge >= 0.3 is 0 Å². The number of rotatable bonds is 6. The Hall–Kier alpha value is -2.11. The largest absolute Gasteiger partial charge is 0.221 e. The summed E-state index contributed by atoms with van der Waals surface area (Å²) in [5.41, 5.74) is 10.5. The Morgan fingerprint density at radius 1 is 1.24 bits per heavy atom. The van der Waals surface area contributed by atoms with E-state index in [9.17, 15) is 0 Å². The van der Waals surface area contributed by atoms with Crippen LogP contribution in [-0.2, 0) is 6.42 Å². The molecule has 0 unspecified atom stereocenters. The Morgan fingerprint density at radius 3 is 2.52 bits per heavy atom. The van der Waals surface area contributed by atoms with E-state index in [4.69, 9.17) is 5.53 Å². The van der Waals surface area contributed by atoms with E-state index in [0.29, 0.717) is 6.54 Å². The summed E-state index contributed by atoms with van der Waals surface area (Å²) in [6.45, 7) is 7.32. The van der Waals surface area contributed by atoms with Crippen molar-refractivity contribution < 1.29 is 0 Å². The zero-order valence-corrected chi connectivity index (χ0v) is 13.7.